The summed E-state index contributed by atoms with van der Waals surface area (Å²) in [5, 5.41) is 2.37. The molecule has 0 fully saturated rings. The van der Waals surface area contributed by atoms with Crippen LogP contribution in [0.5, 0.6) is 0 Å². The second-order valence-electron chi connectivity index (χ2n) is 18.9. The first-order chi connectivity index (χ1) is 34.5. The average molecular weight is 907 g/mol. The molecule has 11 rings (SSSR count). The number of rotatable bonds is 13. The summed E-state index contributed by atoms with van der Waals surface area (Å²) in [6.07, 6.45) is 10.3. The van der Waals surface area contributed by atoms with E-state index in [0.717, 1.165) is 48.4 Å². The first kappa shape index (κ1) is 44.5. The highest BCUT2D eigenvalue weighted by atomic mass is 15.2. The number of aryl methyl sites for hydroxylation is 2. The van der Waals surface area contributed by atoms with Gasteiger partial charge in [-0.2, -0.15) is 9.97 Å². The van der Waals surface area contributed by atoms with Gasteiger partial charge in [-0.25, -0.2) is 4.98 Å². The molecule has 0 bridgehead atoms. The van der Waals surface area contributed by atoms with Gasteiger partial charge in [0, 0.05) is 28.5 Å². The SMILES string of the molecule is CCC(Cc1ccccc1-c1cc(-c2ccccc2C(CC)c2ccccc2)c(C)cc1C)c1nc(C2C=CC(c3ccccc3)=CC2)nc(-n2c3ccccc3c3c(-c4ccccc4)cccc32)n1. The normalized spacial score (nSPS) is 14.5. The lowest BCUT2D eigenvalue weighted by Gasteiger charge is -2.23. The van der Waals surface area contributed by atoms with Crippen LogP contribution in [0.3, 0.4) is 0 Å². The molecular weight excluding hydrogens is 849 g/mol. The Hall–Kier alpha value is -7.95. The van der Waals surface area contributed by atoms with Gasteiger partial charge in [-0.15, -0.1) is 0 Å². The number of para-hydroxylation sites is 1. The third-order valence-corrected chi connectivity index (χ3v) is 14.6. The van der Waals surface area contributed by atoms with Gasteiger partial charge < -0.3 is 0 Å². The molecule has 0 N–H and O–H groups in total. The van der Waals surface area contributed by atoms with Gasteiger partial charge in [-0.3, -0.25) is 4.57 Å². The number of benzene rings is 8. The molecule has 4 nitrogen and oxygen atoms in total. The molecule has 70 heavy (non-hydrogen) atoms. The minimum Gasteiger partial charge on any atom is -0.278 e. The Morgan fingerprint density at radius 3 is 1.90 bits per heavy atom. The number of hydrogen-bond acceptors (Lipinski definition) is 3. The van der Waals surface area contributed by atoms with Crippen LogP contribution in [0.1, 0.15) is 95.9 Å². The Kier molecular flexibility index (Phi) is 12.5. The maximum absolute atomic E-state index is 5.55. The van der Waals surface area contributed by atoms with Crippen LogP contribution < -0.4 is 0 Å². The van der Waals surface area contributed by atoms with E-state index in [4.69, 9.17) is 15.0 Å². The van der Waals surface area contributed by atoms with Crippen molar-refractivity contribution in [3.8, 4) is 39.3 Å². The molecule has 0 saturated heterocycles. The van der Waals surface area contributed by atoms with Crippen LogP contribution >= 0.6 is 0 Å². The third-order valence-electron chi connectivity index (χ3n) is 14.6. The largest absolute Gasteiger partial charge is 0.278 e. The summed E-state index contributed by atoms with van der Waals surface area (Å²) in [4.78, 5) is 16.5. The standard InChI is InChI=1S/C66H58N4/c1-5-46(42-52-29-16-17-30-54(52)59-43-60(45(4)41-44(59)3)57-32-19-18-31-56(57)53(6-2)49-25-12-8-13-26-49)64-67-65(51-39-37-48(38-40-51)47-23-10-7-11-24-47)69-66(68-64)70-61-35-21-20-33-58(61)63-55(34-22-36-62(63)70)50-27-14-9-15-28-50/h7-39,41,43,46,51,53H,5-6,40,42H2,1-4H3. The summed E-state index contributed by atoms with van der Waals surface area (Å²) in [5.41, 5.74) is 18.6. The summed E-state index contributed by atoms with van der Waals surface area (Å²) in [5.74, 6) is 2.61. The van der Waals surface area contributed by atoms with E-state index in [1.54, 1.807) is 0 Å². The zero-order valence-corrected chi connectivity index (χ0v) is 40.6. The van der Waals surface area contributed by atoms with Gasteiger partial charge in [-0.1, -0.05) is 208 Å². The zero-order valence-electron chi connectivity index (χ0n) is 40.6. The number of fused-ring (bicyclic) bond motifs is 3. The molecule has 0 radical (unpaired) electrons. The van der Waals surface area contributed by atoms with Crippen molar-refractivity contribution >= 4 is 27.4 Å². The molecule has 3 unspecified atom stereocenters. The fourth-order valence-electron chi connectivity index (χ4n) is 11.0. The van der Waals surface area contributed by atoms with Crippen LogP contribution in [0, 0.1) is 13.8 Å². The number of hydrogen-bond donors (Lipinski definition) is 0. The van der Waals surface area contributed by atoms with Crippen LogP contribution in [-0.2, 0) is 6.42 Å². The van der Waals surface area contributed by atoms with E-state index in [-0.39, 0.29) is 11.8 Å². The lowest BCUT2D eigenvalue weighted by molar-refractivity contribution is 0.595. The molecule has 10 aromatic rings. The van der Waals surface area contributed by atoms with Crippen molar-refractivity contribution in [3.63, 3.8) is 0 Å². The lowest BCUT2D eigenvalue weighted by atomic mass is 9.82. The molecule has 0 amide bonds. The van der Waals surface area contributed by atoms with Crippen molar-refractivity contribution in [1.29, 1.82) is 0 Å². The van der Waals surface area contributed by atoms with Crippen molar-refractivity contribution in [2.75, 3.05) is 0 Å². The Bertz CT molecular complexity index is 3550. The molecule has 1 aliphatic rings. The highest BCUT2D eigenvalue weighted by molar-refractivity contribution is 6.15. The van der Waals surface area contributed by atoms with Crippen LogP contribution in [0.25, 0.3) is 66.7 Å². The Labute approximate surface area is 412 Å². The summed E-state index contributed by atoms with van der Waals surface area (Å²) in [7, 11) is 0. The predicted octanol–water partition coefficient (Wildman–Crippen LogP) is 17.0. The fourth-order valence-corrected chi connectivity index (χ4v) is 11.0. The van der Waals surface area contributed by atoms with Gasteiger partial charge in [0.2, 0.25) is 5.95 Å². The molecule has 2 aromatic heterocycles. The number of aromatic nitrogens is 4. The van der Waals surface area contributed by atoms with E-state index in [9.17, 15) is 0 Å². The van der Waals surface area contributed by atoms with Crippen LogP contribution in [0.15, 0.2) is 212 Å². The predicted molar refractivity (Wildman–Crippen MR) is 293 cm³/mol. The summed E-state index contributed by atoms with van der Waals surface area (Å²) in [6.45, 7) is 9.11. The monoisotopic (exact) mass is 906 g/mol. The topological polar surface area (TPSA) is 43.6 Å². The summed E-state index contributed by atoms with van der Waals surface area (Å²) in [6, 6.07) is 70.5. The molecule has 0 saturated carbocycles. The Morgan fingerprint density at radius 2 is 1.17 bits per heavy atom. The first-order valence-corrected chi connectivity index (χ1v) is 25.1. The van der Waals surface area contributed by atoms with E-state index in [1.165, 1.54) is 83.1 Å². The van der Waals surface area contributed by atoms with Gasteiger partial charge in [0.05, 0.1) is 11.0 Å². The van der Waals surface area contributed by atoms with Crippen molar-refractivity contribution in [2.24, 2.45) is 0 Å². The van der Waals surface area contributed by atoms with Crippen molar-refractivity contribution in [2.45, 2.75) is 71.1 Å². The van der Waals surface area contributed by atoms with E-state index in [1.807, 2.05) is 0 Å². The minimum atomic E-state index is -0.00331. The van der Waals surface area contributed by atoms with Crippen LogP contribution in [-0.4, -0.2) is 19.5 Å². The highest BCUT2D eigenvalue weighted by Gasteiger charge is 2.26. The summed E-state index contributed by atoms with van der Waals surface area (Å²) >= 11 is 0. The molecular formula is C66H58N4. The Morgan fingerprint density at radius 1 is 0.543 bits per heavy atom. The maximum Gasteiger partial charge on any atom is 0.238 e. The van der Waals surface area contributed by atoms with Crippen molar-refractivity contribution < 1.29 is 0 Å². The van der Waals surface area contributed by atoms with Crippen molar-refractivity contribution in [3.05, 3.63) is 257 Å². The van der Waals surface area contributed by atoms with Crippen LogP contribution in [0.2, 0.25) is 0 Å². The van der Waals surface area contributed by atoms with Crippen LogP contribution in [0.4, 0.5) is 0 Å². The molecule has 4 heteroatoms. The molecule has 3 atom stereocenters. The Balaban J connectivity index is 1.02. The molecule has 0 aliphatic heterocycles. The van der Waals surface area contributed by atoms with E-state index in [0.29, 0.717) is 11.9 Å². The molecule has 0 spiro atoms. The second kappa shape index (κ2) is 19.6. The number of allylic oxidation sites excluding steroid dienone is 4. The average Bonchev–Trinajstić information content (AvgIpc) is 3.76. The van der Waals surface area contributed by atoms with Gasteiger partial charge in [0.15, 0.2) is 0 Å². The van der Waals surface area contributed by atoms with E-state index < -0.39 is 0 Å². The lowest BCUT2D eigenvalue weighted by Crippen LogP contribution is -2.16. The summed E-state index contributed by atoms with van der Waals surface area (Å²) < 4.78 is 2.28. The minimum absolute atomic E-state index is 0.00331. The highest BCUT2D eigenvalue weighted by Crippen LogP contribution is 2.42. The molecule has 342 valence electrons. The fraction of sp³-hybridized carbons (Fsp3) is 0.167. The third kappa shape index (κ3) is 8.49. The second-order valence-corrected chi connectivity index (χ2v) is 18.9. The van der Waals surface area contributed by atoms with E-state index in [2.05, 4.69) is 245 Å². The smallest absolute Gasteiger partial charge is 0.238 e. The molecule has 8 aromatic carbocycles. The quantitative estimate of drug-likeness (QED) is 0.116. The van der Waals surface area contributed by atoms with Gasteiger partial charge >= 0.3 is 0 Å². The van der Waals surface area contributed by atoms with Crippen molar-refractivity contribution in [1.82, 2.24) is 19.5 Å². The zero-order chi connectivity index (χ0) is 47.6. The van der Waals surface area contributed by atoms with Gasteiger partial charge in [0.1, 0.15) is 11.6 Å². The molecule has 1 aliphatic carbocycles. The molecule has 2 heterocycles. The van der Waals surface area contributed by atoms with Gasteiger partial charge in [-0.05, 0) is 130 Å². The van der Waals surface area contributed by atoms with E-state index >= 15 is 0 Å². The van der Waals surface area contributed by atoms with Gasteiger partial charge in [0.25, 0.3) is 0 Å². The number of nitrogens with zero attached hydrogens (tertiary/aromatic N) is 4. The maximum atomic E-state index is 5.55. The first-order valence-electron chi connectivity index (χ1n) is 25.1.